The summed E-state index contributed by atoms with van der Waals surface area (Å²) >= 11 is 0. The van der Waals surface area contributed by atoms with Gasteiger partial charge < -0.3 is 141 Å². The molecule has 5 rings (SSSR count). The van der Waals surface area contributed by atoms with Gasteiger partial charge in [-0.05, 0) is 121 Å². The number of aromatic hydroxyl groups is 2. The number of epoxide rings is 1. The lowest BCUT2D eigenvalue weighted by Crippen LogP contribution is -2.42. The van der Waals surface area contributed by atoms with Crippen molar-refractivity contribution < 1.29 is 150 Å². The summed E-state index contributed by atoms with van der Waals surface area (Å²) in [5.74, 6) is 1.31. The second-order valence-corrected chi connectivity index (χ2v) is 37.0. The van der Waals surface area contributed by atoms with Crippen molar-refractivity contribution in [2.24, 2.45) is 0 Å². The van der Waals surface area contributed by atoms with Crippen LogP contribution in [0.5, 0.6) is 46.0 Å². The van der Waals surface area contributed by atoms with Gasteiger partial charge in [0.1, 0.15) is 55.8 Å². The summed E-state index contributed by atoms with van der Waals surface area (Å²) < 4.78 is 131. The SMILES string of the molecule is CO[Si](CCCOCC1CO1)(OC)OC.COc1cc(/C=C/C(=O)/C=C(/C=C/c2ccc(OCC(O)COCCC[Si](OC)(OC)OC)c(OC)c2)OCC(O)COCCC[Si](OC)(OC)OC)ccc1OCC(O)COCCC[Si](OC)(OC)OC.COc1cc(/C=C/C(=O)/C=C(O)/C=C/c2ccc(O)c(OC)c2)ccc1O. The topological polar surface area (TPSA) is 380 Å². The fraction of sp³-hybridized carbons (Fsp3) is 0.513. The third kappa shape index (κ3) is 38.7. The van der Waals surface area contributed by atoms with Crippen molar-refractivity contribution in [1.82, 2.24) is 0 Å². The maximum atomic E-state index is 13.4. The van der Waals surface area contributed by atoms with Crippen molar-refractivity contribution in [2.75, 3.05) is 193 Å². The molecule has 1 aliphatic heterocycles. The molecule has 0 aromatic heterocycles. The third-order valence-corrected chi connectivity index (χ3v) is 28.2. The van der Waals surface area contributed by atoms with E-state index in [9.17, 15) is 40.2 Å². The zero-order valence-electron chi connectivity index (χ0n) is 68.5. The van der Waals surface area contributed by atoms with E-state index < -0.39 is 65.1 Å². The van der Waals surface area contributed by atoms with Crippen LogP contribution >= 0.6 is 0 Å². The van der Waals surface area contributed by atoms with Crippen molar-refractivity contribution in [2.45, 2.75) is 74.3 Å². The summed E-state index contributed by atoms with van der Waals surface area (Å²) in [6.45, 7) is 3.11. The highest BCUT2D eigenvalue weighted by Crippen LogP contribution is 2.32. The number of phenols is 2. The number of allylic oxidation sites excluding steroid dienone is 6. The molecule has 32 nitrogen and oxygen atoms in total. The van der Waals surface area contributed by atoms with Crippen LogP contribution in [0, 0.1) is 0 Å². The average Bonchev–Trinajstić information content (AvgIpc) is 1.40. The molecular weight excluding hydrogens is 1560 g/mol. The van der Waals surface area contributed by atoms with Gasteiger partial charge in [0.2, 0.25) is 0 Å². The number of aliphatic hydroxyl groups is 4. The Hall–Kier alpha value is -7.27. The fourth-order valence-electron chi connectivity index (χ4n) is 10.2. The quantitative estimate of drug-likeness (QED) is 0.00599. The molecule has 4 atom stereocenters. The highest BCUT2D eigenvalue weighted by Gasteiger charge is 2.40. The first kappa shape index (κ1) is 101. The number of phenolic OH excluding ortho intramolecular Hbond substituents is 2. The lowest BCUT2D eigenvalue weighted by Gasteiger charge is -2.24. The number of aliphatic hydroxyl groups excluding tert-OH is 4. The van der Waals surface area contributed by atoms with Crippen LogP contribution in [0.15, 0.2) is 121 Å². The maximum absolute atomic E-state index is 13.4. The molecule has 4 aromatic carbocycles. The molecule has 114 heavy (non-hydrogen) atoms. The number of ether oxygens (including phenoxy) is 12. The molecule has 0 spiro atoms. The van der Waals surface area contributed by atoms with E-state index in [1.807, 2.05) is 0 Å². The number of hydrogen-bond acceptors (Lipinski definition) is 32. The number of hydrogen-bond donors (Lipinski definition) is 6. The summed E-state index contributed by atoms with van der Waals surface area (Å²) in [6, 6.07) is 22.1. The smallest absolute Gasteiger partial charge is 0.500 e. The number of methoxy groups -OCH3 is 4. The second kappa shape index (κ2) is 56.9. The molecule has 4 aromatic rings. The summed E-state index contributed by atoms with van der Waals surface area (Å²) in [6.07, 6.45) is 14.6. The number of carbonyl (C=O) groups excluding carboxylic acids is 2. The van der Waals surface area contributed by atoms with Gasteiger partial charge in [0.15, 0.2) is 57.6 Å². The molecule has 0 amide bonds. The molecular formula is C78H120O32Si4. The minimum absolute atomic E-state index is 0.00881. The monoisotopic (exact) mass is 1680 g/mol. The minimum atomic E-state index is -2.76. The predicted molar refractivity (Wildman–Crippen MR) is 433 cm³/mol. The van der Waals surface area contributed by atoms with E-state index in [4.69, 9.17) is 110 Å². The maximum Gasteiger partial charge on any atom is 0.500 e. The van der Waals surface area contributed by atoms with Gasteiger partial charge in [0, 0.05) is 148 Å². The van der Waals surface area contributed by atoms with Gasteiger partial charge in [0.25, 0.3) is 0 Å². The Morgan fingerprint density at radius 3 is 1.04 bits per heavy atom. The zero-order chi connectivity index (χ0) is 84.2. The molecule has 1 saturated heterocycles. The molecule has 4 unspecified atom stereocenters. The predicted octanol–water partition coefficient (Wildman–Crippen LogP) is 9.12. The average molecular weight is 1680 g/mol. The van der Waals surface area contributed by atoms with Crippen molar-refractivity contribution in [1.29, 1.82) is 0 Å². The van der Waals surface area contributed by atoms with E-state index in [1.165, 1.54) is 64.9 Å². The molecule has 6 N–H and O–H groups in total. The van der Waals surface area contributed by atoms with E-state index in [-0.39, 0.29) is 62.7 Å². The second-order valence-electron chi connectivity index (χ2n) is 24.7. The molecule has 1 aliphatic rings. The van der Waals surface area contributed by atoms with Crippen molar-refractivity contribution in [3.63, 3.8) is 0 Å². The Bertz CT molecular complexity index is 3510. The van der Waals surface area contributed by atoms with E-state index >= 15 is 0 Å². The van der Waals surface area contributed by atoms with Crippen LogP contribution in [0.3, 0.4) is 0 Å². The molecule has 0 bridgehead atoms. The van der Waals surface area contributed by atoms with Gasteiger partial charge >= 0.3 is 35.2 Å². The summed E-state index contributed by atoms with van der Waals surface area (Å²) in [5.41, 5.74) is 2.65. The number of rotatable bonds is 59. The fourth-order valence-corrected chi connectivity index (χ4v) is 17.0. The van der Waals surface area contributed by atoms with Crippen LogP contribution in [0.2, 0.25) is 24.2 Å². The highest BCUT2D eigenvalue weighted by molar-refractivity contribution is 6.61. The largest absolute Gasteiger partial charge is 0.508 e. The van der Waals surface area contributed by atoms with Crippen LogP contribution in [-0.4, -0.2) is 295 Å². The first-order valence-corrected chi connectivity index (χ1v) is 44.1. The molecule has 1 heterocycles. The van der Waals surface area contributed by atoms with Crippen molar-refractivity contribution in [3.8, 4) is 46.0 Å². The summed E-state index contributed by atoms with van der Waals surface area (Å²) in [4.78, 5) is 25.3. The van der Waals surface area contributed by atoms with Crippen molar-refractivity contribution in [3.05, 3.63) is 143 Å². The first-order valence-electron chi connectivity index (χ1n) is 36.4. The number of carbonyl (C=O) groups is 2. The normalized spacial score (nSPS) is 14.3. The van der Waals surface area contributed by atoms with E-state index in [2.05, 4.69) is 0 Å². The Labute approximate surface area is 674 Å². The van der Waals surface area contributed by atoms with Gasteiger partial charge in [-0.2, -0.15) is 0 Å². The lowest BCUT2D eigenvalue weighted by atomic mass is 10.1. The van der Waals surface area contributed by atoms with Crippen LogP contribution in [0.25, 0.3) is 24.3 Å². The molecule has 0 radical (unpaired) electrons. The third-order valence-electron chi connectivity index (χ3n) is 16.9. The van der Waals surface area contributed by atoms with Gasteiger partial charge in [0.05, 0.1) is 61.5 Å². The van der Waals surface area contributed by atoms with Crippen LogP contribution in [-0.2, 0) is 91.1 Å². The van der Waals surface area contributed by atoms with Crippen LogP contribution < -0.4 is 28.4 Å². The molecule has 0 aliphatic carbocycles. The van der Waals surface area contributed by atoms with E-state index in [0.29, 0.717) is 133 Å². The van der Waals surface area contributed by atoms with Gasteiger partial charge in [-0.3, -0.25) is 9.59 Å². The van der Waals surface area contributed by atoms with Crippen LogP contribution in [0.4, 0.5) is 0 Å². The lowest BCUT2D eigenvalue weighted by molar-refractivity contribution is -0.111. The number of benzene rings is 4. The van der Waals surface area contributed by atoms with Gasteiger partial charge in [-0.1, -0.05) is 48.6 Å². The molecule has 640 valence electrons. The summed E-state index contributed by atoms with van der Waals surface area (Å²) in [5, 5.41) is 60.7. The Morgan fingerprint density at radius 2 is 0.702 bits per heavy atom. The minimum Gasteiger partial charge on any atom is -0.508 e. The number of ketones is 2. The van der Waals surface area contributed by atoms with Crippen LogP contribution in [0.1, 0.15) is 47.9 Å². The Morgan fingerprint density at radius 1 is 0.395 bits per heavy atom. The summed E-state index contributed by atoms with van der Waals surface area (Å²) in [7, 11) is 14.1. The Kier molecular flexibility index (Phi) is 50.4. The first-order chi connectivity index (χ1) is 54.9. The molecule has 36 heteroatoms. The highest BCUT2D eigenvalue weighted by atomic mass is 28.4. The van der Waals surface area contributed by atoms with Gasteiger partial charge in [-0.15, -0.1) is 0 Å². The van der Waals surface area contributed by atoms with E-state index in [0.717, 1.165) is 25.1 Å². The zero-order valence-corrected chi connectivity index (χ0v) is 72.5. The van der Waals surface area contributed by atoms with E-state index in [1.54, 1.807) is 176 Å². The van der Waals surface area contributed by atoms with Gasteiger partial charge in [-0.25, -0.2) is 0 Å². The standard InChI is InChI=1S/C48H80O21Si3.C21H20O6.C9H20O5Si/c1-53-47-29-38(17-21-45(47)68-36-42(51)33-65-24-13-27-71(58-6,59-7)60-8)15-19-40(49)31-44(67-35-41(50)32-64-23-12-26-70(55-3,56-4)57-5)20-16-39-18-22-46(48(30-39)54-2)69-37-43(52)34-66-25-14-28-72(61-9,62-10)63-11;1-26-20-11-14(5-9-18(20)24)3-7-16(22)13-17(23)8-4-15-6-10-19(25)21(12-15)27-2;1-10-15(11-2,12-3)6-4-5-13-7-9-8-14-9/h15-22,29-31,41-43,50-52H,12-14,23-28,32-37H2,1-11H3;3-13,22,24-25H,1-2H3;9H,4-8H2,1-3H3/b19-15+,20-16+,44-31-;7-3+,8-4+,16-13-;. The molecule has 1 fully saturated rings. The van der Waals surface area contributed by atoms with Crippen molar-refractivity contribution >= 4 is 71.1 Å². The Balaban J connectivity index is 0.000000641. The molecule has 0 saturated carbocycles.